The molecule has 1 aliphatic rings. The first-order valence-electron chi connectivity index (χ1n) is 8.79. The van der Waals surface area contributed by atoms with E-state index in [-0.39, 0.29) is 10.0 Å². The summed E-state index contributed by atoms with van der Waals surface area (Å²) in [7, 11) is -3.85. The van der Waals surface area contributed by atoms with Crippen molar-refractivity contribution in [2.24, 2.45) is 0 Å². The van der Waals surface area contributed by atoms with Gasteiger partial charge in [-0.25, -0.2) is 13.4 Å². The number of hydrogen-bond donors (Lipinski definition) is 2. The maximum atomic E-state index is 12.7. The van der Waals surface area contributed by atoms with Gasteiger partial charge >= 0.3 is 0 Å². The number of fused-ring (bicyclic) bond motifs is 1. The van der Waals surface area contributed by atoms with Crippen LogP contribution in [0.15, 0.2) is 47.4 Å². The second kappa shape index (κ2) is 8.13. The average molecular weight is 466 g/mol. The number of nitrogens with one attached hydrogen (secondary N) is 2. The van der Waals surface area contributed by atoms with Crippen LogP contribution in [-0.2, 0) is 10.0 Å². The van der Waals surface area contributed by atoms with Crippen molar-refractivity contribution >= 4 is 49.7 Å². The molecule has 0 spiro atoms. The Hall–Kier alpha value is -2.82. The van der Waals surface area contributed by atoms with Crippen LogP contribution in [0.5, 0.6) is 11.5 Å². The molecule has 0 radical (unpaired) electrons. The van der Waals surface area contributed by atoms with Crippen LogP contribution in [0.4, 0.5) is 10.8 Å². The average Bonchev–Trinajstić information content (AvgIpc) is 3.07. The Morgan fingerprint density at radius 3 is 2.53 bits per heavy atom. The number of amides is 1. The Balaban J connectivity index is 1.51. The van der Waals surface area contributed by atoms with Gasteiger partial charge in [-0.3, -0.25) is 9.52 Å². The van der Waals surface area contributed by atoms with E-state index in [2.05, 4.69) is 15.0 Å². The van der Waals surface area contributed by atoms with E-state index in [1.807, 2.05) is 0 Å². The van der Waals surface area contributed by atoms with E-state index in [1.165, 1.54) is 24.3 Å². The fourth-order valence-corrected chi connectivity index (χ4v) is 4.97. The largest absolute Gasteiger partial charge is 0.486 e. The smallest absolute Gasteiger partial charge is 0.267 e. The lowest BCUT2D eigenvalue weighted by Gasteiger charge is -2.18. The lowest BCUT2D eigenvalue weighted by atomic mass is 10.2. The molecular formula is C19H16ClN3O5S2. The molecule has 11 heteroatoms. The number of hydrogen-bond acceptors (Lipinski definition) is 7. The Bertz CT molecular complexity index is 1210. The number of sulfonamides is 1. The molecule has 0 fully saturated rings. The molecule has 8 nitrogen and oxygen atoms in total. The molecule has 1 amide bonds. The summed E-state index contributed by atoms with van der Waals surface area (Å²) >= 11 is 6.75. The summed E-state index contributed by atoms with van der Waals surface area (Å²) < 4.78 is 38.4. The quantitative estimate of drug-likeness (QED) is 0.591. The van der Waals surface area contributed by atoms with Crippen LogP contribution in [-0.4, -0.2) is 32.5 Å². The summed E-state index contributed by atoms with van der Waals surface area (Å²) in [5, 5.41) is 3.29. The lowest BCUT2D eigenvalue weighted by molar-refractivity contribution is 0.102. The van der Waals surface area contributed by atoms with Crippen LogP contribution in [0.3, 0.4) is 0 Å². The summed E-state index contributed by atoms with van der Waals surface area (Å²) in [5.41, 5.74) is 0.934. The molecule has 0 bridgehead atoms. The highest BCUT2D eigenvalue weighted by molar-refractivity contribution is 7.93. The molecule has 2 aromatic carbocycles. The third kappa shape index (κ3) is 4.35. The van der Waals surface area contributed by atoms with Crippen LogP contribution >= 0.6 is 22.9 Å². The zero-order valence-corrected chi connectivity index (χ0v) is 18.0. The van der Waals surface area contributed by atoms with Crippen molar-refractivity contribution in [1.29, 1.82) is 0 Å². The third-order valence-corrected chi connectivity index (χ3v) is 6.96. The Morgan fingerprint density at radius 2 is 1.80 bits per heavy atom. The van der Waals surface area contributed by atoms with E-state index in [1.54, 1.807) is 25.1 Å². The van der Waals surface area contributed by atoms with Crippen molar-refractivity contribution in [1.82, 2.24) is 4.98 Å². The first kappa shape index (κ1) is 20.5. The molecule has 1 aliphatic heterocycles. The highest BCUT2D eigenvalue weighted by Crippen LogP contribution is 2.33. The van der Waals surface area contributed by atoms with Gasteiger partial charge in [0.1, 0.15) is 18.1 Å². The van der Waals surface area contributed by atoms with Gasteiger partial charge in [0.2, 0.25) is 0 Å². The maximum Gasteiger partial charge on any atom is 0.267 e. The zero-order valence-electron chi connectivity index (χ0n) is 15.6. The van der Waals surface area contributed by atoms with Gasteiger partial charge in [-0.1, -0.05) is 22.9 Å². The first-order valence-corrected chi connectivity index (χ1v) is 11.5. The number of halogens is 1. The lowest BCUT2D eigenvalue weighted by Crippen LogP contribution is -2.16. The van der Waals surface area contributed by atoms with E-state index in [0.717, 1.165) is 11.3 Å². The van der Waals surface area contributed by atoms with Crippen molar-refractivity contribution in [3.63, 3.8) is 0 Å². The number of aryl methyl sites for hydroxylation is 1. The van der Waals surface area contributed by atoms with Gasteiger partial charge < -0.3 is 14.8 Å². The fourth-order valence-electron chi connectivity index (χ4n) is 2.75. The summed E-state index contributed by atoms with van der Waals surface area (Å²) in [6, 6.07) is 10.8. The first-order chi connectivity index (χ1) is 14.3. The van der Waals surface area contributed by atoms with Gasteiger partial charge in [-0.05, 0) is 43.3 Å². The van der Waals surface area contributed by atoms with Crippen LogP contribution in [0.1, 0.15) is 15.4 Å². The molecule has 156 valence electrons. The second-order valence-electron chi connectivity index (χ2n) is 6.31. The molecule has 3 aromatic rings. The van der Waals surface area contributed by atoms with Gasteiger partial charge in [0.25, 0.3) is 15.9 Å². The van der Waals surface area contributed by atoms with E-state index >= 15 is 0 Å². The van der Waals surface area contributed by atoms with Crippen LogP contribution < -0.4 is 19.5 Å². The topological polar surface area (TPSA) is 107 Å². The van der Waals surface area contributed by atoms with Crippen LogP contribution in [0.2, 0.25) is 5.02 Å². The summed E-state index contributed by atoms with van der Waals surface area (Å²) in [6.07, 6.45) is 0. The molecule has 0 atom stereocenters. The Kier molecular flexibility index (Phi) is 5.54. The molecule has 0 saturated heterocycles. The minimum atomic E-state index is -3.85. The van der Waals surface area contributed by atoms with Crippen molar-refractivity contribution in [2.45, 2.75) is 11.8 Å². The maximum absolute atomic E-state index is 12.7. The molecule has 1 aromatic heterocycles. The second-order valence-corrected chi connectivity index (χ2v) is 9.42. The Labute approximate surface area is 181 Å². The predicted molar refractivity (Wildman–Crippen MR) is 114 cm³/mol. The predicted octanol–water partition coefficient (Wildman–Crippen LogP) is 3.93. The number of thiazole rings is 1. The number of carbonyl (C=O) groups is 1. The number of carbonyl (C=O) groups excluding carboxylic acids is 1. The molecule has 2 N–H and O–H groups in total. The van der Waals surface area contributed by atoms with Crippen molar-refractivity contribution < 1.29 is 22.7 Å². The minimum Gasteiger partial charge on any atom is -0.486 e. The molecule has 0 aliphatic carbocycles. The summed E-state index contributed by atoms with van der Waals surface area (Å²) in [4.78, 5) is 17.2. The number of rotatable bonds is 5. The Morgan fingerprint density at radius 1 is 1.10 bits per heavy atom. The van der Waals surface area contributed by atoms with Gasteiger partial charge in [0.15, 0.2) is 16.6 Å². The molecular weight excluding hydrogens is 450 g/mol. The monoisotopic (exact) mass is 465 g/mol. The number of aromatic nitrogens is 1. The minimum absolute atomic E-state index is 0.0435. The van der Waals surface area contributed by atoms with Crippen LogP contribution in [0, 0.1) is 6.92 Å². The van der Waals surface area contributed by atoms with Crippen molar-refractivity contribution in [3.05, 3.63) is 58.1 Å². The van der Waals surface area contributed by atoms with E-state index < -0.39 is 15.9 Å². The molecule has 4 rings (SSSR count). The third-order valence-electron chi connectivity index (χ3n) is 4.15. The molecule has 30 heavy (non-hydrogen) atoms. The van der Waals surface area contributed by atoms with Gasteiger partial charge in [-0.15, -0.1) is 0 Å². The number of benzene rings is 2. The molecule has 0 unspecified atom stereocenters. The molecule has 2 heterocycles. The van der Waals surface area contributed by atoms with E-state index in [4.69, 9.17) is 21.1 Å². The summed E-state index contributed by atoms with van der Waals surface area (Å²) in [5.74, 6) is 0.766. The highest BCUT2D eigenvalue weighted by atomic mass is 35.5. The fraction of sp³-hybridized carbons (Fsp3) is 0.158. The SMILES string of the molecule is Cc1nc(NS(=O)(=O)c2ccc(Cl)cc2)sc1C(=O)Nc1ccc2c(c1)OCCO2. The standard InChI is InChI=1S/C19H16ClN3O5S2/c1-11-17(18(24)22-13-4-7-15-16(10-13)28-9-8-27-15)29-19(21-11)23-30(25,26)14-5-2-12(20)3-6-14/h2-7,10H,8-9H2,1H3,(H,21,23)(H,22,24). The van der Waals surface area contributed by atoms with Crippen molar-refractivity contribution in [2.75, 3.05) is 23.3 Å². The zero-order chi connectivity index (χ0) is 21.3. The van der Waals surface area contributed by atoms with E-state index in [9.17, 15) is 13.2 Å². The highest BCUT2D eigenvalue weighted by Gasteiger charge is 2.21. The van der Waals surface area contributed by atoms with Crippen molar-refractivity contribution in [3.8, 4) is 11.5 Å². The number of nitrogens with zero attached hydrogens (tertiary/aromatic N) is 1. The normalized spacial score (nSPS) is 13.0. The molecule has 0 saturated carbocycles. The van der Waals surface area contributed by atoms with Gasteiger partial charge in [0.05, 0.1) is 10.6 Å². The number of anilines is 2. The number of ether oxygens (including phenoxy) is 2. The van der Waals surface area contributed by atoms with Gasteiger partial charge in [0, 0.05) is 16.8 Å². The summed E-state index contributed by atoms with van der Waals surface area (Å²) in [6.45, 7) is 2.55. The van der Waals surface area contributed by atoms with E-state index in [0.29, 0.717) is 46.0 Å². The van der Waals surface area contributed by atoms with Gasteiger partial charge in [-0.2, -0.15) is 0 Å². The van der Waals surface area contributed by atoms with Crippen LogP contribution in [0.25, 0.3) is 0 Å².